The number of carbonyl (C=O) groups excluding carboxylic acids is 1. The molecule has 3 aliphatic carbocycles. The number of aliphatic hydroxyl groups excluding tert-OH is 1. The first-order valence-electron chi connectivity index (χ1n) is 16.9. The largest absolute Gasteiger partial charge is 0.514 e. The Bertz CT molecular complexity index is 1270. The summed E-state index contributed by atoms with van der Waals surface area (Å²) in [6.45, 7) is 4.10. The fourth-order valence-corrected chi connectivity index (χ4v) is 10.1. The molecule has 47 heavy (non-hydrogen) atoms. The molecular weight excluding hydrogens is 645 g/mol. The molecule has 0 aromatic heterocycles. The van der Waals surface area contributed by atoms with Gasteiger partial charge in [-0.25, -0.2) is 4.79 Å². The van der Waals surface area contributed by atoms with Gasteiger partial charge in [0, 0.05) is 41.8 Å². The van der Waals surface area contributed by atoms with Crippen molar-refractivity contribution in [1.82, 2.24) is 4.90 Å². The van der Waals surface area contributed by atoms with Crippen molar-refractivity contribution in [3.63, 3.8) is 0 Å². The third kappa shape index (κ3) is 8.32. The maximum Gasteiger partial charge on any atom is 0.514 e. The topological polar surface area (TPSA) is 85.3 Å². The van der Waals surface area contributed by atoms with E-state index in [0.717, 1.165) is 57.1 Å². The predicted octanol–water partition coefficient (Wildman–Crippen LogP) is 6.87. The Hall–Kier alpha value is -1.83. The third-order valence-electron chi connectivity index (χ3n) is 11.2. The van der Waals surface area contributed by atoms with Gasteiger partial charge in [0.25, 0.3) is 0 Å². The molecule has 2 unspecified atom stereocenters. The highest BCUT2D eigenvalue weighted by atomic mass is 32.2. The number of alkyl halides is 5. The molecular formula is C34H48F5NO6S. The average Bonchev–Trinajstić information content (AvgIpc) is 3.56. The van der Waals surface area contributed by atoms with E-state index in [-0.39, 0.29) is 47.6 Å². The van der Waals surface area contributed by atoms with Gasteiger partial charge in [0.15, 0.2) is 0 Å². The Balaban J connectivity index is 1.27. The van der Waals surface area contributed by atoms with E-state index in [1.165, 1.54) is 5.56 Å². The number of aliphatic hydroxyl groups is 1. The summed E-state index contributed by atoms with van der Waals surface area (Å²) in [6.07, 6.45) is -1.62. The van der Waals surface area contributed by atoms with Crippen LogP contribution < -0.4 is 4.74 Å². The van der Waals surface area contributed by atoms with E-state index in [2.05, 4.69) is 17.9 Å². The van der Waals surface area contributed by atoms with Crippen LogP contribution in [0, 0.1) is 23.2 Å². The van der Waals surface area contributed by atoms with Gasteiger partial charge in [0.2, 0.25) is 0 Å². The highest BCUT2D eigenvalue weighted by Gasteiger charge is 2.58. The van der Waals surface area contributed by atoms with Gasteiger partial charge in [0.05, 0.1) is 19.3 Å². The molecule has 8 atom stereocenters. The molecule has 3 fully saturated rings. The summed E-state index contributed by atoms with van der Waals surface area (Å²) in [6, 6.07) is 5.83. The second-order valence-corrected chi connectivity index (χ2v) is 16.0. The van der Waals surface area contributed by atoms with Gasteiger partial charge >= 0.3 is 18.3 Å². The maximum atomic E-state index is 13.3. The van der Waals surface area contributed by atoms with Crippen molar-refractivity contribution in [3.05, 3.63) is 29.3 Å². The van der Waals surface area contributed by atoms with Crippen LogP contribution in [-0.4, -0.2) is 89.5 Å². The van der Waals surface area contributed by atoms with Gasteiger partial charge in [-0.3, -0.25) is 4.21 Å². The molecule has 1 saturated heterocycles. The second-order valence-electron chi connectivity index (χ2n) is 14.3. The van der Waals surface area contributed by atoms with Crippen molar-refractivity contribution in [1.29, 1.82) is 0 Å². The number of halogens is 5. The molecule has 1 aromatic rings. The molecule has 0 spiro atoms. The smallest absolute Gasteiger partial charge is 0.429 e. The van der Waals surface area contributed by atoms with Gasteiger partial charge in [-0.2, -0.15) is 22.0 Å². The highest BCUT2D eigenvalue weighted by Crippen LogP contribution is 2.63. The zero-order valence-corrected chi connectivity index (χ0v) is 28.1. The number of fused-ring (bicyclic) bond motifs is 5. The number of likely N-dealkylation sites (tertiary alicyclic amines) is 1. The second kappa shape index (κ2) is 15.0. The number of hydrogen-bond donors (Lipinski definition) is 1. The SMILES string of the molecule is CN1CCC(OC(=O)Oc2ccc3c(c2)C[C@@H](CCCS(=O)CCCC(F)(F)C(F)(F)F)[C@@H]2[C@@H]3CC[C@]3(C)[C@@H](OCCO)CC[C@@H]23)C1. The lowest BCUT2D eigenvalue weighted by Gasteiger charge is -2.53. The summed E-state index contributed by atoms with van der Waals surface area (Å²) in [5.41, 5.74) is 2.31. The number of ether oxygens (including phenoxy) is 3. The van der Waals surface area contributed by atoms with Gasteiger partial charge in [-0.15, -0.1) is 0 Å². The number of hydrogen-bond acceptors (Lipinski definition) is 7. The molecule has 1 N–H and O–H groups in total. The fraction of sp³-hybridized carbons (Fsp3) is 0.794. The van der Waals surface area contributed by atoms with Crippen LogP contribution in [0.1, 0.15) is 81.8 Å². The Morgan fingerprint density at radius 1 is 1.11 bits per heavy atom. The zero-order valence-electron chi connectivity index (χ0n) is 27.2. The quantitative estimate of drug-likeness (QED) is 0.137. The molecule has 7 nitrogen and oxygen atoms in total. The molecule has 0 amide bonds. The lowest BCUT2D eigenvalue weighted by atomic mass is 9.52. The number of carbonyl (C=O) groups is 1. The van der Waals surface area contributed by atoms with Crippen LogP contribution in [0.3, 0.4) is 0 Å². The van der Waals surface area contributed by atoms with E-state index in [1.807, 2.05) is 19.2 Å². The number of rotatable bonds is 13. The van der Waals surface area contributed by atoms with Crippen LogP contribution in [0.4, 0.5) is 26.7 Å². The fourth-order valence-electron chi connectivity index (χ4n) is 8.99. The number of benzene rings is 1. The van der Waals surface area contributed by atoms with E-state index in [0.29, 0.717) is 37.2 Å². The summed E-state index contributed by atoms with van der Waals surface area (Å²) >= 11 is 0. The third-order valence-corrected chi connectivity index (χ3v) is 12.7. The summed E-state index contributed by atoms with van der Waals surface area (Å²) < 4.78 is 94.1. The molecule has 0 radical (unpaired) electrons. The van der Waals surface area contributed by atoms with Crippen molar-refractivity contribution >= 4 is 17.0 Å². The van der Waals surface area contributed by atoms with E-state index in [9.17, 15) is 36.1 Å². The Morgan fingerprint density at radius 2 is 1.87 bits per heavy atom. The van der Waals surface area contributed by atoms with Gasteiger partial charge in [-0.05, 0) is 117 Å². The standard InChI is InChI=1S/C34H48F5NO6S/c1-32-13-10-27-26-7-6-24(45-31(42)46-25-11-14-40(2)21-25)20-23(26)19-22(30(27)28(32)8-9-29(32)44-16-15-41)5-3-17-47(43)18-4-12-33(35,36)34(37,38)39/h6-7,20,22,25,27-30,41H,3-5,8-19,21H2,1-2H3/t22-,25?,27-,28+,29+,30-,32+,47?/m1/s1. The number of nitrogens with zero attached hydrogens (tertiary/aromatic N) is 1. The summed E-state index contributed by atoms with van der Waals surface area (Å²) in [5.74, 6) is -3.08. The lowest BCUT2D eigenvalue weighted by molar-refractivity contribution is -0.284. The normalized spacial score (nSPS) is 31.6. The molecule has 2 saturated carbocycles. The predicted molar refractivity (Wildman–Crippen MR) is 167 cm³/mol. The van der Waals surface area contributed by atoms with Crippen molar-refractivity contribution in [2.75, 3.05) is 44.9 Å². The minimum Gasteiger partial charge on any atom is -0.429 e. The minimum absolute atomic E-state index is 0.0278. The van der Waals surface area contributed by atoms with Crippen molar-refractivity contribution < 1.29 is 50.3 Å². The van der Waals surface area contributed by atoms with Gasteiger partial charge in [-0.1, -0.05) is 13.0 Å². The van der Waals surface area contributed by atoms with Crippen molar-refractivity contribution in [2.24, 2.45) is 23.2 Å². The molecule has 266 valence electrons. The Kier molecular flexibility index (Phi) is 11.6. The molecule has 1 aromatic carbocycles. The van der Waals surface area contributed by atoms with Crippen molar-refractivity contribution in [3.8, 4) is 5.75 Å². The molecule has 1 aliphatic heterocycles. The molecule has 5 rings (SSSR count). The van der Waals surface area contributed by atoms with E-state index in [4.69, 9.17) is 14.2 Å². The summed E-state index contributed by atoms with van der Waals surface area (Å²) in [5, 5.41) is 9.40. The summed E-state index contributed by atoms with van der Waals surface area (Å²) in [4.78, 5) is 14.7. The first-order valence-corrected chi connectivity index (χ1v) is 18.4. The van der Waals surface area contributed by atoms with Crippen LogP contribution in [0.5, 0.6) is 5.75 Å². The van der Waals surface area contributed by atoms with E-state index in [1.54, 1.807) is 0 Å². The van der Waals surface area contributed by atoms with Crippen LogP contribution in [0.15, 0.2) is 18.2 Å². The first-order chi connectivity index (χ1) is 22.2. The molecule has 4 aliphatic rings. The zero-order chi connectivity index (χ0) is 34.0. The van der Waals surface area contributed by atoms with Crippen LogP contribution in [0.25, 0.3) is 0 Å². The van der Waals surface area contributed by atoms with Crippen LogP contribution in [0.2, 0.25) is 0 Å². The monoisotopic (exact) mass is 693 g/mol. The maximum absolute atomic E-state index is 13.3. The van der Waals surface area contributed by atoms with Crippen LogP contribution >= 0.6 is 0 Å². The highest BCUT2D eigenvalue weighted by molar-refractivity contribution is 7.84. The lowest BCUT2D eigenvalue weighted by Crippen LogP contribution is -2.48. The van der Waals surface area contributed by atoms with Gasteiger partial charge < -0.3 is 24.2 Å². The molecule has 13 heteroatoms. The summed E-state index contributed by atoms with van der Waals surface area (Å²) in [7, 11) is 0.476. The van der Waals surface area contributed by atoms with Crippen molar-refractivity contribution in [2.45, 2.75) is 101 Å². The molecule has 0 bridgehead atoms. The van der Waals surface area contributed by atoms with E-state index >= 15 is 0 Å². The Labute approximate surface area is 276 Å². The minimum atomic E-state index is -5.60. The first kappa shape index (κ1) is 36.5. The van der Waals surface area contributed by atoms with Gasteiger partial charge in [0.1, 0.15) is 11.9 Å². The average molecular weight is 694 g/mol. The van der Waals surface area contributed by atoms with E-state index < -0.39 is 41.9 Å². The van der Waals surface area contributed by atoms with Crippen LogP contribution in [-0.2, 0) is 26.7 Å². The number of likely N-dealkylation sites (N-methyl/N-ethyl adjacent to an activating group) is 1. The Morgan fingerprint density at radius 3 is 2.57 bits per heavy atom. The molecule has 1 heterocycles.